The SMILES string of the molecule is CCOC(=O)CC1CCN(CCOc2ccc(N)cc2-c2c(C)ncnc2C)C1. The summed E-state index contributed by atoms with van der Waals surface area (Å²) in [5, 5.41) is 0. The number of benzene rings is 1. The smallest absolute Gasteiger partial charge is 0.306 e. The van der Waals surface area contributed by atoms with Crippen LogP contribution in [-0.4, -0.2) is 53.7 Å². The second-order valence-corrected chi connectivity index (χ2v) is 7.49. The Kier molecular flexibility index (Phi) is 7.04. The van der Waals surface area contributed by atoms with E-state index < -0.39 is 0 Å². The number of nitrogen functional groups attached to an aromatic ring is 1. The first-order valence-electron chi connectivity index (χ1n) is 10.2. The Morgan fingerprint density at radius 2 is 2.03 bits per heavy atom. The molecule has 7 nitrogen and oxygen atoms in total. The molecule has 29 heavy (non-hydrogen) atoms. The Morgan fingerprint density at radius 3 is 2.76 bits per heavy atom. The summed E-state index contributed by atoms with van der Waals surface area (Å²) in [6, 6.07) is 5.67. The lowest BCUT2D eigenvalue weighted by Crippen LogP contribution is -2.26. The Bertz CT molecular complexity index is 836. The zero-order valence-corrected chi connectivity index (χ0v) is 17.5. The van der Waals surface area contributed by atoms with Gasteiger partial charge in [0.05, 0.1) is 6.61 Å². The van der Waals surface area contributed by atoms with E-state index in [1.165, 1.54) is 0 Å². The van der Waals surface area contributed by atoms with Gasteiger partial charge in [-0.15, -0.1) is 0 Å². The highest BCUT2D eigenvalue weighted by Gasteiger charge is 2.25. The molecule has 0 bridgehead atoms. The van der Waals surface area contributed by atoms with Crippen molar-refractivity contribution in [3.05, 3.63) is 35.9 Å². The van der Waals surface area contributed by atoms with Gasteiger partial charge in [0.15, 0.2) is 0 Å². The van der Waals surface area contributed by atoms with Gasteiger partial charge in [0.2, 0.25) is 0 Å². The molecule has 1 aromatic carbocycles. The monoisotopic (exact) mass is 398 g/mol. The summed E-state index contributed by atoms with van der Waals surface area (Å²) in [6.45, 7) is 9.47. The van der Waals surface area contributed by atoms with Crippen molar-refractivity contribution in [1.82, 2.24) is 14.9 Å². The highest BCUT2D eigenvalue weighted by Crippen LogP contribution is 2.35. The number of esters is 1. The van der Waals surface area contributed by atoms with Crippen molar-refractivity contribution in [2.45, 2.75) is 33.6 Å². The predicted molar refractivity (Wildman–Crippen MR) is 113 cm³/mol. The van der Waals surface area contributed by atoms with Gasteiger partial charge >= 0.3 is 5.97 Å². The van der Waals surface area contributed by atoms with Crippen LogP contribution in [0, 0.1) is 19.8 Å². The maximum atomic E-state index is 11.7. The third kappa shape index (κ3) is 5.44. The molecule has 0 saturated carbocycles. The van der Waals surface area contributed by atoms with Crippen LogP contribution in [0.25, 0.3) is 11.1 Å². The summed E-state index contributed by atoms with van der Waals surface area (Å²) in [5.41, 5.74) is 10.4. The predicted octanol–water partition coefficient (Wildman–Crippen LogP) is 3.00. The zero-order valence-electron chi connectivity index (χ0n) is 17.5. The fraction of sp³-hybridized carbons (Fsp3) is 0.500. The van der Waals surface area contributed by atoms with Crippen molar-refractivity contribution in [2.24, 2.45) is 5.92 Å². The fourth-order valence-corrected chi connectivity index (χ4v) is 3.87. The lowest BCUT2D eigenvalue weighted by molar-refractivity contribution is -0.144. The molecule has 0 radical (unpaired) electrons. The number of anilines is 1. The Balaban J connectivity index is 1.60. The summed E-state index contributed by atoms with van der Waals surface area (Å²) in [4.78, 5) is 22.7. The highest BCUT2D eigenvalue weighted by molar-refractivity contribution is 5.76. The summed E-state index contributed by atoms with van der Waals surface area (Å²) < 4.78 is 11.2. The normalized spacial score (nSPS) is 16.7. The number of carbonyl (C=O) groups excluding carboxylic acids is 1. The highest BCUT2D eigenvalue weighted by atomic mass is 16.5. The quantitative estimate of drug-likeness (QED) is 0.540. The van der Waals surface area contributed by atoms with Crippen molar-refractivity contribution >= 4 is 11.7 Å². The summed E-state index contributed by atoms with van der Waals surface area (Å²) in [7, 11) is 0. The average Bonchev–Trinajstić information content (AvgIpc) is 3.10. The Morgan fingerprint density at radius 1 is 1.28 bits per heavy atom. The molecule has 0 spiro atoms. The van der Waals surface area contributed by atoms with E-state index in [-0.39, 0.29) is 5.97 Å². The van der Waals surface area contributed by atoms with E-state index in [1.54, 1.807) is 6.33 Å². The molecule has 1 aliphatic heterocycles. The van der Waals surface area contributed by atoms with Gasteiger partial charge in [0.1, 0.15) is 18.7 Å². The molecule has 3 rings (SSSR count). The number of nitrogens with zero attached hydrogens (tertiary/aromatic N) is 3. The van der Waals surface area contributed by atoms with Gasteiger partial charge < -0.3 is 15.2 Å². The number of aryl methyl sites for hydroxylation is 2. The second-order valence-electron chi connectivity index (χ2n) is 7.49. The van der Waals surface area contributed by atoms with Gasteiger partial charge in [-0.1, -0.05) is 0 Å². The number of aromatic nitrogens is 2. The minimum Gasteiger partial charge on any atom is -0.492 e. The van der Waals surface area contributed by atoms with Gasteiger partial charge in [0.25, 0.3) is 0 Å². The third-order valence-electron chi connectivity index (χ3n) is 5.30. The van der Waals surface area contributed by atoms with Crippen LogP contribution in [0.5, 0.6) is 5.75 Å². The maximum Gasteiger partial charge on any atom is 0.306 e. The van der Waals surface area contributed by atoms with Crippen LogP contribution in [0.3, 0.4) is 0 Å². The molecule has 156 valence electrons. The van der Waals surface area contributed by atoms with E-state index in [0.29, 0.717) is 31.2 Å². The summed E-state index contributed by atoms with van der Waals surface area (Å²) >= 11 is 0. The number of hydrogen-bond acceptors (Lipinski definition) is 7. The van der Waals surface area contributed by atoms with Crippen LogP contribution in [0.15, 0.2) is 24.5 Å². The number of likely N-dealkylation sites (tertiary alicyclic amines) is 1. The van der Waals surface area contributed by atoms with Gasteiger partial charge in [-0.2, -0.15) is 0 Å². The molecule has 2 heterocycles. The molecule has 1 unspecified atom stereocenters. The molecule has 1 saturated heterocycles. The van der Waals surface area contributed by atoms with Crippen molar-refractivity contribution in [3.8, 4) is 16.9 Å². The van der Waals surface area contributed by atoms with Crippen LogP contribution in [0.4, 0.5) is 5.69 Å². The van der Waals surface area contributed by atoms with Crippen LogP contribution in [-0.2, 0) is 9.53 Å². The summed E-state index contributed by atoms with van der Waals surface area (Å²) in [6.07, 6.45) is 3.09. The van der Waals surface area contributed by atoms with Crippen molar-refractivity contribution in [1.29, 1.82) is 0 Å². The first-order valence-corrected chi connectivity index (χ1v) is 10.2. The third-order valence-corrected chi connectivity index (χ3v) is 5.30. The van der Waals surface area contributed by atoms with E-state index in [4.69, 9.17) is 15.2 Å². The number of hydrogen-bond donors (Lipinski definition) is 1. The largest absolute Gasteiger partial charge is 0.492 e. The molecule has 0 aliphatic carbocycles. The molecule has 1 aliphatic rings. The zero-order chi connectivity index (χ0) is 20.8. The molecule has 7 heteroatoms. The molecular weight excluding hydrogens is 368 g/mol. The van der Waals surface area contributed by atoms with Gasteiger partial charge in [-0.3, -0.25) is 9.69 Å². The number of rotatable bonds is 8. The first-order chi connectivity index (χ1) is 14.0. The number of carbonyl (C=O) groups is 1. The van der Waals surface area contributed by atoms with E-state index >= 15 is 0 Å². The van der Waals surface area contributed by atoms with Crippen LogP contribution < -0.4 is 10.5 Å². The standard InChI is InChI=1S/C22H30N4O3/c1-4-28-21(27)11-17-7-8-26(13-17)9-10-29-20-6-5-18(23)12-19(20)22-15(2)24-14-25-16(22)3/h5-6,12,14,17H,4,7-11,13,23H2,1-3H3. The van der Waals surface area contributed by atoms with Crippen LogP contribution in [0.2, 0.25) is 0 Å². The topological polar surface area (TPSA) is 90.6 Å². The average molecular weight is 399 g/mol. The van der Waals surface area contributed by atoms with Crippen molar-refractivity contribution < 1.29 is 14.3 Å². The molecule has 1 atom stereocenters. The minimum atomic E-state index is -0.0991. The van der Waals surface area contributed by atoms with E-state index in [0.717, 1.165) is 54.3 Å². The second kappa shape index (κ2) is 9.69. The van der Waals surface area contributed by atoms with Crippen LogP contribution in [0.1, 0.15) is 31.2 Å². The first kappa shape index (κ1) is 21.0. The number of nitrogens with two attached hydrogens (primary N) is 1. The summed E-state index contributed by atoms with van der Waals surface area (Å²) in [5.74, 6) is 1.05. The Labute approximate surface area is 172 Å². The van der Waals surface area contributed by atoms with E-state index in [1.807, 2.05) is 39.0 Å². The molecular formula is C22H30N4O3. The van der Waals surface area contributed by atoms with E-state index in [2.05, 4.69) is 14.9 Å². The number of ether oxygens (including phenoxy) is 2. The fourth-order valence-electron chi connectivity index (χ4n) is 3.87. The van der Waals surface area contributed by atoms with Crippen molar-refractivity contribution in [3.63, 3.8) is 0 Å². The molecule has 0 amide bonds. The molecule has 2 aromatic rings. The lowest BCUT2D eigenvalue weighted by Gasteiger charge is -2.18. The van der Waals surface area contributed by atoms with Gasteiger partial charge in [-0.25, -0.2) is 9.97 Å². The Hall–Kier alpha value is -2.67. The molecule has 1 aromatic heterocycles. The lowest BCUT2D eigenvalue weighted by atomic mass is 10.0. The van der Waals surface area contributed by atoms with Crippen LogP contribution >= 0.6 is 0 Å². The van der Waals surface area contributed by atoms with Gasteiger partial charge in [0, 0.05) is 47.7 Å². The van der Waals surface area contributed by atoms with Crippen molar-refractivity contribution in [2.75, 3.05) is 38.6 Å². The van der Waals surface area contributed by atoms with E-state index in [9.17, 15) is 4.79 Å². The van der Waals surface area contributed by atoms with Gasteiger partial charge in [-0.05, 0) is 57.9 Å². The molecule has 1 fully saturated rings. The minimum absolute atomic E-state index is 0.0991. The maximum absolute atomic E-state index is 11.7. The molecule has 2 N–H and O–H groups in total.